The third-order valence-corrected chi connectivity index (χ3v) is 7.74. The number of nitro benzene ring substituents is 1. The van der Waals surface area contributed by atoms with Gasteiger partial charge in [0.1, 0.15) is 6.54 Å². The highest BCUT2D eigenvalue weighted by atomic mass is 32.2. The quantitative estimate of drug-likeness (QED) is 0.186. The van der Waals surface area contributed by atoms with Gasteiger partial charge >= 0.3 is 0 Å². The van der Waals surface area contributed by atoms with Gasteiger partial charge in [-0.05, 0) is 72.1 Å². The molecular weight excluding hydrogens is 522 g/mol. The van der Waals surface area contributed by atoms with Crippen LogP contribution in [-0.4, -0.2) is 33.4 Å². The minimum absolute atomic E-state index is 0.0947. The van der Waals surface area contributed by atoms with Gasteiger partial charge in [0, 0.05) is 16.6 Å². The maximum atomic E-state index is 12.9. The zero-order chi connectivity index (χ0) is 27.4. The standard InChI is InChI=1S/C28H25N3O5S2/c1-17(2)20-7-9-21(10-8-20)29-26(32)16-30-27(33)25(38-28(30)34)15-19-6-13-24(23(14-19)31(35)36)37-22-11-4-18(3)5-12-22/h4-15,17H,16H2,1-3H3,(H,29,32)/b25-15-. The Bertz CT molecular complexity index is 1430. The van der Waals surface area contributed by atoms with E-state index >= 15 is 0 Å². The predicted molar refractivity (Wildman–Crippen MR) is 150 cm³/mol. The number of carbonyl (C=O) groups excluding carboxylic acids is 3. The largest absolute Gasteiger partial charge is 0.325 e. The number of imide groups is 1. The SMILES string of the molecule is Cc1ccc(Sc2ccc(/C=C3\SC(=O)N(CC(=O)Nc4ccc(C(C)C)cc4)C3=O)cc2[N+](=O)[O-])cc1. The van der Waals surface area contributed by atoms with Crippen LogP contribution in [0.5, 0.6) is 0 Å². The van der Waals surface area contributed by atoms with E-state index in [4.69, 9.17) is 0 Å². The molecule has 0 aliphatic carbocycles. The zero-order valence-electron chi connectivity index (χ0n) is 21.0. The van der Waals surface area contributed by atoms with Gasteiger partial charge < -0.3 is 5.32 Å². The van der Waals surface area contributed by atoms with Gasteiger partial charge in [-0.25, -0.2) is 0 Å². The first kappa shape index (κ1) is 27.2. The molecule has 0 spiro atoms. The summed E-state index contributed by atoms with van der Waals surface area (Å²) in [4.78, 5) is 51.4. The minimum Gasteiger partial charge on any atom is -0.325 e. The second-order valence-electron chi connectivity index (χ2n) is 8.99. The lowest BCUT2D eigenvalue weighted by Gasteiger charge is -2.13. The summed E-state index contributed by atoms with van der Waals surface area (Å²) >= 11 is 1.97. The average molecular weight is 548 g/mol. The Morgan fingerprint density at radius 3 is 2.39 bits per heavy atom. The van der Waals surface area contributed by atoms with Crippen molar-refractivity contribution in [3.8, 4) is 0 Å². The molecular formula is C28H25N3O5S2. The fraction of sp³-hybridized carbons (Fsp3) is 0.179. The van der Waals surface area contributed by atoms with Crippen molar-refractivity contribution in [3.05, 3.63) is 98.4 Å². The summed E-state index contributed by atoms with van der Waals surface area (Å²) < 4.78 is 0. The fourth-order valence-electron chi connectivity index (χ4n) is 3.67. The lowest BCUT2D eigenvalue weighted by Crippen LogP contribution is -2.36. The van der Waals surface area contributed by atoms with E-state index in [0.717, 1.165) is 20.9 Å². The van der Waals surface area contributed by atoms with E-state index in [1.807, 2.05) is 43.3 Å². The van der Waals surface area contributed by atoms with Gasteiger partial charge in [0.15, 0.2) is 0 Å². The Morgan fingerprint density at radius 2 is 1.76 bits per heavy atom. The van der Waals surface area contributed by atoms with Crippen LogP contribution >= 0.6 is 23.5 Å². The van der Waals surface area contributed by atoms with Crippen LogP contribution in [0, 0.1) is 17.0 Å². The maximum absolute atomic E-state index is 12.9. The number of amides is 3. The average Bonchev–Trinajstić information content (AvgIpc) is 3.13. The highest BCUT2D eigenvalue weighted by Gasteiger charge is 2.36. The van der Waals surface area contributed by atoms with E-state index in [9.17, 15) is 24.5 Å². The molecule has 3 aromatic rings. The number of carbonyl (C=O) groups is 3. The Morgan fingerprint density at radius 1 is 1.08 bits per heavy atom. The number of nitrogens with one attached hydrogen (secondary N) is 1. The van der Waals surface area contributed by atoms with E-state index in [2.05, 4.69) is 19.2 Å². The molecule has 1 saturated heterocycles. The number of aryl methyl sites for hydroxylation is 1. The number of benzene rings is 3. The molecule has 194 valence electrons. The van der Waals surface area contributed by atoms with Crippen LogP contribution in [0.4, 0.5) is 16.2 Å². The monoisotopic (exact) mass is 547 g/mol. The summed E-state index contributed by atoms with van der Waals surface area (Å²) in [6, 6.07) is 19.7. The smallest absolute Gasteiger partial charge is 0.294 e. The van der Waals surface area contributed by atoms with E-state index in [-0.39, 0.29) is 10.6 Å². The number of hydrogen-bond donors (Lipinski definition) is 1. The maximum Gasteiger partial charge on any atom is 0.294 e. The molecule has 1 N–H and O–H groups in total. The van der Waals surface area contributed by atoms with Crippen molar-refractivity contribution in [2.45, 2.75) is 36.5 Å². The first-order valence-corrected chi connectivity index (χ1v) is 13.4. The summed E-state index contributed by atoms with van der Waals surface area (Å²) in [5, 5.41) is 13.9. The molecule has 0 saturated carbocycles. The molecule has 0 radical (unpaired) electrons. The Kier molecular flexibility index (Phi) is 8.33. The topological polar surface area (TPSA) is 110 Å². The fourth-order valence-corrected chi connectivity index (χ4v) is 5.41. The highest BCUT2D eigenvalue weighted by molar-refractivity contribution is 8.18. The molecule has 1 aliphatic rings. The first-order chi connectivity index (χ1) is 18.1. The zero-order valence-corrected chi connectivity index (χ0v) is 22.6. The van der Waals surface area contributed by atoms with Crippen molar-refractivity contribution in [2.75, 3.05) is 11.9 Å². The lowest BCUT2D eigenvalue weighted by atomic mass is 10.0. The Hall–Kier alpha value is -3.89. The van der Waals surface area contributed by atoms with Gasteiger partial charge in [0.05, 0.1) is 14.7 Å². The van der Waals surface area contributed by atoms with Crippen LogP contribution in [0.2, 0.25) is 0 Å². The second-order valence-corrected chi connectivity index (χ2v) is 11.1. The molecule has 1 heterocycles. The number of nitro groups is 1. The number of nitrogens with zero attached hydrogens (tertiary/aromatic N) is 2. The van der Waals surface area contributed by atoms with Crippen molar-refractivity contribution >= 4 is 58.0 Å². The summed E-state index contributed by atoms with van der Waals surface area (Å²) in [5.41, 5.74) is 3.08. The summed E-state index contributed by atoms with van der Waals surface area (Å²) in [6.45, 7) is 5.67. The predicted octanol–water partition coefficient (Wildman–Crippen LogP) is 6.85. The second kappa shape index (κ2) is 11.7. The van der Waals surface area contributed by atoms with Crippen LogP contribution in [-0.2, 0) is 9.59 Å². The van der Waals surface area contributed by atoms with E-state index in [0.29, 0.717) is 33.8 Å². The molecule has 3 amide bonds. The van der Waals surface area contributed by atoms with Gasteiger partial charge in [-0.15, -0.1) is 0 Å². The molecule has 38 heavy (non-hydrogen) atoms. The molecule has 0 atom stereocenters. The number of anilines is 1. The van der Waals surface area contributed by atoms with Gasteiger partial charge in [0.25, 0.3) is 16.8 Å². The Labute approximate surface area is 228 Å². The molecule has 0 aromatic heterocycles. The molecule has 3 aromatic carbocycles. The molecule has 1 aliphatic heterocycles. The first-order valence-electron chi connectivity index (χ1n) is 11.8. The van der Waals surface area contributed by atoms with Gasteiger partial charge in [-0.1, -0.05) is 61.5 Å². The number of rotatable bonds is 8. The summed E-state index contributed by atoms with van der Waals surface area (Å²) in [5.74, 6) is -0.767. The molecule has 10 heteroatoms. The van der Waals surface area contributed by atoms with Gasteiger partial charge in [-0.3, -0.25) is 29.4 Å². The number of hydrogen-bond acceptors (Lipinski definition) is 7. The van der Waals surface area contributed by atoms with Crippen LogP contribution in [0.3, 0.4) is 0 Å². The minimum atomic E-state index is -0.619. The van der Waals surface area contributed by atoms with Crippen molar-refractivity contribution < 1.29 is 19.3 Å². The van der Waals surface area contributed by atoms with Crippen molar-refractivity contribution in [3.63, 3.8) is 0 Å². The van der Waals surface area contributed by atoms with Gasteiger partial charge in [0.2, 0.25) is 5.91 Å². The normalized spacial score (nSPS) is 14.4. The van der Waals surface area contributed by atoms with Crippen LogP contribution in [0.15, 0.2) is 81.4 Å². The van der Waals surface area contributed by atoms with Crippen molar-refractivity contribution in [1.29, 1.82) is 0 Å². The van der Waals surface area contributed by atoms with E-state index in [1.165, 1.54) is 23.9 Å². The Balaban J connectivity index is 1.46. The van der Waals surface area contributed by atoms with Crippen molar-refractivity contribution in [1.82, 2.24) is 4.90 Å². The third kappa shape index (κ3) is 6.51. The molecule has 1 fully saturated rings. The lowest BCUT2D eigenvalue weighted by molar-refractivity contribution is -0.387. The molecule has 0 unspecified atom stereocenters. The highest BCUT2D eigenvalue weighted by Crippen LogP contribution is 2.37. The van der Waals surface area contributed by atoms with Crippen molar-refractivity contribution in [2.24, 2.45) is 0 Å². The number of thioether (sulfide) groups is 1. The molecule has 8 nitrogen and oxygen atoms in total. The van der Waals surface area contributed by atoms with Gasteiger partial charge in [-0.2, -0.15) is 0 Å². The molecule has 0 bridgehead atoms. The third-order valence-electron chi connectivity index (χ3n) is 5.76. The van der Waals surface area contributed by atoms with E-state index in [1.54, 1.807) is 24.3 Å². The van der Waals surface area contributed by atoms with E-state index < -0.39 is 28.5 Å². The van der Waals surface area contributed by atoms with Crippen LogP contribution in [0.1, 0.15) is 36.5 Å². The van der Waals surface area contributed by atoms with Crippen LogP contribution < -0.4 is 5.32 Å². The summed E-state index contributed by atoms with van der Waals surface area (Å²) in [6.07, 6.45) is 1.43. The summed E-state index contributed by atoms with van der Waals surface area (Å²) in [7, 11) is 0. The van der Waals surface area contributed by atoms with Crippen LogP contribution in [0.25, 0.3) is 6.08 Å². The molecule has 4 rings (SSSR count).